The second kappa shape index (κ2) is 4.39. The van der Waals surface area contributed by atoms with Crippen LogP contribution >= 0.6 is 0 Å². The third-order valence-electron chi connectivity index (χ3n) is 0.787. The molecular weight excluding hydrogens is 138 g/mol. The van der Waals surface area contributed by atoms with E-state index in [0.29, 0.717) is 0 Å². The normalized spacial score (nSPS) is 7.60. The Morgan fingerprint density at radius 3 is 1.60 bits per heavy atom. The lowest BCUT2D eigenvalue weighted by Crippen LogP contribution is -1.73. The van der Waals surface area contributed by atoms with Crippen LogP contribution in [0.15, 0.2) is 24.3 Å². The van der Waals surface area contributed by atoms with Crippen LogP contribution in [0.2, 0.25) is 0 Å². The highest BCUT2D eigenvalue weighted by atomic mass is 19.1. The van der Waals surface area contributed by atoms with Gasteiger partial charge in [0.2, 0.25) is 0 Å². The van der Waals surface area contributed by atoms with Crippen LogP contribution in [0.3, 0.4) is 0 Å². The second-order valence-electron chi connectivity index (χ2n) is 1.44. The highest BCUT2D eigenvalue weighted by Gasteiger charge is 1.88. The van der Waals surface area contributed by atoms with Crippen molar-refractivity contribution in [3.63, 3.8) is 0 Å². The molecule has 52 valence electrons. The SMILES string of the molecule is Fc1cccc(F)c1.N#N. The average Bonchev–Trinajstić information content (AvgIpc) is 1.91. The van der Waals surface area contributed by atoms with Gasteiger partial charge < -0.3 is 0 Å². The quantitative estimate of drug-likeness (QED) is 0.520. The minimum atomic E-state index is -0.537. The summed E-state index contributed by atoms with van der Waals surface area (Å²) in [5.74, 6) is -1.07. The van der Waals surface area contributed by atoms with E-state index in [2.05, 4.69) is 0 Å². The molecule has 4 heteroatoms. The van der Waals surface area contributed by atoms with Crippen LogP contribution in [0, 0.1) is 22.4 Å². The second-order valence-corrected chi connectivity index (χ2v) is 1.44. The van der Waals surface area contributed by atoms with E-state index >= 15 is 0 Å². The predicted molar refractivity (Wildman–Crippen MR) is 29.8 cm³/mol. The van der Waals surface area contributed by atoms with Gasteiger partial charge in [0, 0.05) is 16.9 Å². The molecule has 0 aromatic heterocycles. The van der Waals surface area contributed by atoms with Crippen LogP contribution < -0.4 is 0 Å². The minimum Gasteiger partial charge on any atom is -0.207 e. The summed E-state index contributed by atoms with van der Waals surface area (Å²) in [5.41, 5.74) is 0. The summed E-state index contributed by atoms with van der Waals surface area (Å²) in [6.07, 6.45) is 0. The van der Waals surface area contributed by atoms with Crippen molar-refractivity contribution >= 4 is 0 Å². The number of hydrogen-bond donors (Lipinski definition) is 0. The zero-order chi connectivity index (χ0) is 7.98. The summed E-state index contributed by atoms with van der Waals surface area (Å²) in [4.78, 5) is 0. The van der Waals surface area contributed by atoms with Gasteiger partial charge in [0.1, 0.15) is 11.6 Å². The number of halogens is 2. The van der Waals surface area contributed by atoms with E-state index in [1.807, 2.05) is 0 Å². The molecule has 0 radical (unpaired) electrons. The van der Waals surface area contributed by atoms with Crippen molar-refractivity contribution in [2.75, 3.05) is 0 Å². The number of nitrogens with zero attached hydrogens (tertiary/aromatic N) is 2. The molecule has 0 aliphatic heterocycles. The Balaban J connectivity index is 0.000000371. The number of benzene rings is 1. The molecule has 0 heterocycles. The Bertz CT molecular complexity index is 205. The molecule has 0 spiro atoms. The smallest absolute Gasteiger partial charge is 0.126 e. The lowest BCUT2D eigenvalue weighted by molar-refractivity contribution is 0.583. The van der Waals surface area contributed by atoms with Gasteiger partial charge in [-0.3, -0.25) is 0 Å². The standard InChI is InChI=1S/C6H4F2.N2/c7-5-2-1-3-6(8)4-5;1-2/h1-4H;. The molecule has 0 unspecified atom stereocenters. The molecule has 1 aromatic carbocycles. The van der Waals surface area contributed by atoms with Gasteiger partial charge in [0.05, 0.1) is 0 Å². The van der Waals surface area contributed by atoms with Crippen molar-refractivity contribution in [3.8, 4) is 0 Å². The van der Waals surface area contributed by atoms with E-state index in [0.717, 1.165) is 6.07 Å². The van der Waals surface area contributed by atoms with Crippen LogP contribution in [0.4, 0.5) is 8.78 Å². The Morgan fingerprint density at radius 1 is 1.00 bits per heavy atom. The first kappa shape index (κ1) is 8.50. The fourth-order valence-electron chi connectivity index (χ4n) is 0.460. The first-order valence-corrected chi connectivity index (χ1v) is 2.40. The molecule has 0 amide bonds. The highest BCUT2D eigenvalue weighted by Crippen LogP contribution is 1.99. The predicted octanol–water partition coefficient (Wildman–Crippen LogP) is 1.99. The lowest BCUT2D eigenvalue weighted by Gasteiger charge is -1.84. The maximum absolute atomic E-state index is 11.9. The van der Waals surface area contributed by atoms with Gasteiger partial charge in [-0.15, -0.1) is 0 Å². The summed E-state index contributed by atoms with van der Waals surface area (Å²) in [6.45, 7) is 0. The molecule has 2 nitrogen and oxygen atoms in total. The van der Waals surface area contributed by atoms with Crippen LogP contribution in [0.5, 0.6) is 0 Å². The van der Waals surface area contributed by atoms with Gasteiger partial charge in [-0.05, 0) is 12.1 Å². The molecule has 0 atom stereocenters. The molecular formula is C6H4F2N2. The van der Waals surface area contributed by atoms with Gasteiger partial charge in [-0.2, -0.15) is 0 Å². The summed E-state index contributed by atoms with van der Waals surface area (Å²) < 4.78 is 23.9. The van der Waals surface area contributed by atoms with Crippen LogP contribution in [-0.2, 0) is 0 Å². The van der Waals surface area contributed by atoms with Crippen molar-refractivity contribution in [1.82, 2.24) is 0 Å². The maximum Gasteiger partial charge on any atom is 0.126 e. The summed E-state index contributed by atoms with van der Waals surface area (Å²) in [7, 11) is 0. The Labute approximate surface area is 56.5 Å². The highest BCUT2D eigenvalue weighted by molar-refractivity contribution is 5.04. The molecule has 0 saturated carbocycles. The summed E-state index contributed by atoms with van der Waals surface area (Å²) >= 11 is 0. The van der Waals surface area contributed by atoms with Crippen LogP contribution in [0.25, 0.3) is 0 Å². The number of hydrogen-bond acceptors (Lipinski definition) is 2. The van der Waals surface area contributed by atoms with Crippen molar-refractivity contribution in [3.05, 3.63) is 35.9 Å². The van der Waals surface area contributed by atoms with Crippen LogP contribution in [0.1, 0.15) is 0 Å². The van der Waals surface area contributed by atoms with E-state index in [9.17, 15) is 8.78 Å². The zero-order valence-corrected chi connectivity index (χ0v) is 4.96. The summed E-state index contributed by atoms with van der Waals surface area (Å²) in [5, 5.41) is 12.0. The molecule has 0 saturated heterocycles. The van der Waals surface area contributed by atoms with Crippen molar-refractivity contribution in [2.24, 2.45) is 0 Å². The fraction of sp³-hybridized carbons (Fsp3) is 0. The summed E-state index contributed by atoms with van der Waals surface area (Å²) in [6, 6.07) is 4.55. The Hall–Kier alpha value is -1.50. The largest absolute Gasteiger partial charge is 0.207 e. The number of rotatable bonds is 0. The molecule has 1 aromatic rings. The Morgan fingerprint density at radius 2 is 1.40 bits per heavy atom. The third-order valence-corrected chi connectivity index (χ3v) is 0.787. The molecule has 0 fully saturated rings. The molecule has 0 bridgehead atoms. The molecule has 0 N–H and O–H groups in total. The topological polar surface area (TPSA) is 47.6 Å². The molecule has 1 rings (SSSR count). The lowest BCUT2D eigenvalue weighted by atomic mass is 10.3. The molecule has 0 aliphatic rings. The fourth-order valence-corrected chi connectivity index (χ4v) is 0.460. The van der Waals surface area contributed by atoms with Gasteiger partial charge in [-0.1, -0.05) is 6.07 Å². The van der Waals surface area contributed by atoms with Gasteiger partial charge in [0.15, 0.2) is 0 Å². The molecule has 10 heavy (non-hydrogen) atoms. The monoisotopic (exact) mass is 142 g/mol. The van der Waals surface area contributed by atoms with Crippen molar-refractivity contribution in [1.29, 1.82) is 10.8 Å². The average molecular weight is 142 g/mol. The first-order valence-electron chi connectivity index (χ1n) is 2.40. The van der Waals surface area contributed by atoms with Crippen LogP contribution in [-0.4, -0.2) is 0 Å². The first-order chi connectivity index (χ1) is 4.79. The Kier molecular flexibility index (Phi) is 3.73. The zero-order valence-electron chi connectivity index (χ0n) is 4.96. The maximum atomic E-state index is 11.9. The van der Waals surface area contributed by atoms with E-state index in [1.165, 1.54) is 18.2 Å². The van der Waals surface area contributed by atoms with Gasteiger partial charge in [-0.25, -0.2) is 8.78 Å². The van der Waals surface area contributed by atoms with E-state index in [-0.39, 0.29) is 0 Å². The molecule has 0 aliphatic carbocycles. The van der Waals surface area contributed by atoms with Crippen molar-refractivity contribution < 1.29 is 8.78 Å². The van der Waals surface area contributed by atoms with Gasteiger partial charge in [0.25, 0.3) is 0 Å². The van der Waals surface area contributed by atoms with E-state index < -0.39 is 11.6 Å². The van der Waals surface area contributed by atoms with E-state index in [1.54, 1.807) is 0 Å². The van der Waals surface area contributed by atoms with E-state index in [4.69, 9.17) is 10.8 Å². The van der Waals surface area contributed by atoms with Crippen molar-refractivity contribution in [2.45, 2.75) is 0 Å². The minimum absolute atomic E-state index is 0.537. The van der Waals surface area contributed by atoms with Gasteiger partial charge >= 0.3 is 0 Å². The third kappa shape index (κ3) is 2.72.